The van der Waals surface area contributed by atoms with Gasteiger partial charge in [0.2, 0.25) is 0 Å². The maximum Gasteiger partial charge on any atom is 0.251 e. The van der Waals surface area contributed by atoms with Crippen LogP contribution in [0.2, 0.25) is 0 Å². The van der Waals surface area contributed by atoms with E-state index in [-0.39, 0.29) is 5.91 Å². The molecule has 2 aromatic rings. The SMILES string of the molecule is COc1ccc(CCCCNC(=O)c2cccc(OC)c2)cc1. The standard InChI is InChI=1S/C19H23NO3/c1-22-17-11-9-15(10-12-17)6-3-4-13-20-19(21)16-7-5-8-18(14-16)23-2/h5,7-12,14H,3-4,6,13H2,1-2H3,(H,20,21). The number of methoxy groups -OCH3 is 2. The van der Waals surface area contributed by atoms with Gasteiger partial charge in [0, 0.05) is 12.1 Å². The Kier molecular flexibility index (Phi) is 6.48. The maximum absolute atomic E-state index is 12.0. The second kappa shape index (κ2) is 8.83. The van der Waals surface area contributed by atoms with Crippen molar-refractivity contribution in [1.82, 2.24) is 5.32 Å². The maximum atomic E-state index is 12.0. The minimum atomic E-state index is -0.0617. The molecule has 0 fully saturated rings. The van der Waals surface area contributed by atoms with Crippen LogP contribution in [-0.2, 0) is 6.42 Å². The van der Waals surface area contributed by atoms with Gasteiger partial charge in [0.1, 0.15) is 11.5 Å². The van der Waals surface area contributed by atoms with Gasteiger partial charge in [-0.1, -0.05) is 18.2 Å². The summed E-state index contributed by atoms with van der Waals surface area (Å²) in [5.74, 6) is 1.50. The van der Waals surface area contributed by atoms with Crippen molar-refractivity contribution in [3.63, 3.8) is 0 Å². The summed E-state index contributed by atoms with van der Waals surface area (Å²) in [7, 11) is 3.26. The average Bonchev–Trinajstić information content (AvgIpc) is 2.61. The molecule has 4 heteroatoms. The van der Waals surface area contributed by atoms with Crippen molar-refractivity contribution in [2.24, 2.45) is 0 Å². The molecule has 0 aliphatic heterocycles. The lowest BCUT2D eigenvalue weighted by Crippen LogP contribution is -2.24. The molecule has 0 heterocycles. The van der Waals surface area contributed by atoms with Gasteiger partial charge in [-0.05, 0) is 55.2 Å². The molecule has 0 radical (unpaired) electrons. The molecule has 0 spiro atoms. The van der Waals surface area contributed by atoms with Gasteiger partial charge in [-0.2, -0.15) is 0 Å². The van der Waals surface area contributed by atoms with Crippen molar-refractivity contribution in [3.8, 4) is 11.5 Å². The van der Waals surface area contributed by atoms with E-state index in [0.29, 0.717) is 17.9 Å². The largest absolute Gasteiger partial charge is 0.497 e. The zero-order chi connectivity index (χ0) is 16.5. The summed E-state index contributed by atoms with van der Waals surface area (Å²) >= 11 is 0. The van der Waals surface area contributed by atoms with E-state index in [1.807, 2.05) is 24.3 Å². The number of aryl methyl sites for hydroxylation is 1. The van der Waals surface area contributed by atoms with Crippen molar-refractivity contribution >= 4 is 5.91 Å². The number of nitrogens with one attached hydrogen (secondary N) is 1. The number of unbranched alkanes of at least 4 members (excludes halogenated alkanes) is 1. The Bertz CT molecular complexity index is 623. The summed E-state index contributed by atoms with van der Waals surface area (Å²) in [4.78, 5) is 12.0. The smallest absolute Gasteiger partial charge is 0.251 e. The molecule has 2 aromatic carbocycles. The number of amides is 1. The summed E-state index contributed by atoms with van der Waals surface area (Å²) in [6.45, 7) is 0.673. The van der Waals surface area contributed by atoms with Crippen molar-refractivity contribution < 1.29 is 14.3 Å². The fourth-order valence-corrected chi connectivity index (χ4v) is 2.31. The number of carbonyl (C=O) groups is 1. The van der Waals surface area contributed by atoms with Crippen LogP contribution in [0.5, 0.6) is 11.5 Å². The second-order valence-corrected chi connectivity index (χ2v) is 5.29. The summed E-state index contributed by atoms with van der Waals surface area (Å²) < 4.78 is 10.3. The van der Waals surface area contributed by atoms with Crippen LogP contribution < -0.4 is 14.8 Å². The molecule has 0 aromatic heterocycles. The summed E-state index contributed by atoms with van der Waals surface area (Å²) in [5.41, 5.74) is 1.91. The topological polar surface area (TPSA) is 47.6 Å². The molecule has 1 N–H and O–H groups in total. The lowest BCUT2D eigenvalue weighted by molar-refractivity contribution is 0.0952. The second-order valence-electron chi connectivity index (χ2n) is 5.29. The number of carbonyl (C=O) groups excluding carboxylic acids is 1. The molecule has 0 saturated carbocycles. The van der Waals surface area contributed by atoms with Gasteiger partial charge in [0.25, 0.3) is 5.91 Å². The van der Waals surface area contributed by atoms with E-state index in [2.05, 4.69) is 17.4 Å². The quantitative estimate of drug-likeness (QED) is 0.759. The molecule has 0 unspecified atom stereocenters. The minimum absolute atomic E-state index is 0.0617. The van der Waals surface area contributed by atoms with Gasteiger partial charge >= 0.3 is 0 Å². The van der Waals surface area contributed by atoms with Crippen LogP contribution in [-0.4, -0.2) is 26.7 Å². The molecule has 0 aliphatic carbocycles. The molecule has 0 atom stereocenters. The van der Waals surface area contributed by atoms with E-state index in [0.717, 1.165) is 25.0 Å². The fourth-order valence-electron chi connectivity index (χ4n) is 2.31. The van der Waals surface area contributed by atoms with Crippen LogP contribution in [0.15, 0.2) is 48.5 Å². The van der Waals surface area contributed by atoms with Gasteiger partial charge in [-0.3, -0.25) is 4.79 Å². The van der Waals surface area contributed by atoms with Crippen LogP contribution >= 0.6 is 0 Å². The zero-order valence-electron chi connectivity index (χ0n) is 13.7. The van der Waals surface area contributed by atoms with E-state index < -0.39 is 0 Å². The highest BCUT2D eigenvalue weighted by Crippen LogP contribution is 2.14. The number of rotatable bonds is 8. The molecular weight excluding hydrogens is 290 g/mol. The van der Waals surface area contributed by atoms with Crippen molar-refractivity contribution in [3.05, 3.63) is 59.7 Å². The van der Waals surface area contributed by atoms with E-state index in [1.165, 1.54) is 5.56 Å². The third-order valence-corrected chi connectivity index (χ3v) is 3.67. The molecule has 0 bridgehead atoms. The summed E-state index contributed by atoms with van der Waals surface area (Å²) in [6.07, 6.45) is 2.98. The highest BCUT2D eigenvalue weighted by molar-refractivity contribution is 5.94. The Morgan fingerprint density at radius 2 is 1.70 bits per heavy atom. The Labute approximate surface area is 137 Å². The van der Waals surface area contributed by atoms with Crippen LogP contribution in [0.1, 0.15) is 28.8 Å². The van der Waals surface area contributed by atoms with Gasteiger partial charge in [-0.25, -0.2) is 0 Å². The van der Waals surface area contributed by atoms with Crippen LogP contribution in [0.4, 0.5) is 0 Å². The van der Waals surface area contributed by atoms with Gasteiger partial charge in [0.15, 0.2) is 0 Å². The molecular formula is C19H23NO3. The molecule has 4 nitrogen and oxygen atoms in total. The average molecular weight is 313 g/mol. The van der Waals surface area contributed by atoms with E-state index in [1.54, 1.807) is 26.4 Å². The predicted octanol–water partition coefficient (Wildman–Crippen LogP) is 3.46. The lowest BCUT2D eigenvalue weighted by atomic mass is 10.1. The van der Waals surface area contributed by atoms with E-state index in [9.17, 15) is 4.79 Å². The predicted molar refractivity (Wildman–Crippen MR) is 91.3 cm³/mol. The van der Waals surface area contributed by atoms with Crippen molar-refractivity contribution in [1.29, 1.82) is 0 Å². The minimum Gasteiger partial charge on any atom is -0.497 e. The normalized spacial score (nSPS) is 10.2. The zero-order valence-corrected chi connectivity index (χ0v) is 13.7. The fraction of sp³-hybridized carbons (Fsp3) is 0.316. The number of benzene rings is 2. The van der Waals surface area contributed by atoms with E-state index in [4.69, 9.17) is 9.47 Å². The van der Waals surface area contributed by atoms with Crippen LogP contribution in [0.25, 0.3) is 0 Å². The Balaban J connectivity index is 1.69. The molecule has 0 saturated heterocycles. The monoisotopic (exact) mass is 313 g/mol. The molecule has 1 amide bonds. The molecule has 2 rings (SSSR count). The van der Waals surface area contributed by atoms with Gasteiger partial charge in [-0.15, -0.1) is 0 Å². The highest BCUT2D eigenvalue weighted by atomic mass is 16.5. The van der Waals surface area contributed by atoms with E-state index >= 15 is 0 Å². The van der Waals surface area contributed by atoms with Crippen molar-refractivity contribution in [2.75, 3.05) is 20.8 Å². The highest BCUT2D eigenvalue weighted by Gasteiger charge is 2.05. The molecule has 122 valence electrons. The molecule has 0 aliphatic rings. The Morgan fingerprint density at radius 1 is 0.957 bits per heavy atom. The summed E-state index contributed by atoms with van der Waals surface area (Å²) in [6, 6.07) is 15.3. The van der Waals surface area contributed by atoms with Crippen LogP contribution in [0.3, 0.4) is 0 Å². The molecule has 23 heavy (non-hydrogen) atoms. The van der Waals surface area contributed by atoms with Gasteiger partial charge < -0.3 is 14.8 Å². The third kappa shape index (κ3) is 5.33. The van der Waals surface area contributed by atoms with Crippen molar-refractivity contribution in [2.45, 2.75) is 19.3 Å². The first-order valence-corrected chi connectivity index (χ1v) is 7.78. The first-order chi connectivity index (χ1) is 11.2. The lowest BCUT2D eigenvalue weighted by Gasteiger charge is -2.07. The van der Waals surface area contributed by atoms with Crippen LogP contribution in [0, 0.1) is 0 Å². The first kappa shape index (κ1) is 16.9. The summed E-state index contributed by atoms with van der Waals surface area (Å²) in [5, 5.41) is 2.94. The third-order valence-electron chi connectivity index (χ3n) is 3.67. The Hall–Kier alpha value is -2.49. The first-order valence-electron chi connectivity index (χ1n) is 7.78. The Morgan fingerprint density at radius 3 is 2.39 bits per heavy atom. The van der Waals surface area contributed by atoms with Gasteiger partial charge in [0.05, 0.1) is 14.2 Å². The number of ether oxygens (including phenoxy) is 2. The number of hydrogen-bond donors (Lipinski definition) is 1. The number of hydrogen-bond acceptors (Lipinski definition) is 3.